The first-order chi connectivity index (χ1) is 9.47. The number of anilines is 1. The third-order valence-electron chi connectivity index (χ3n) is 3.13. The molecule has 0 heterocycles. The second kappa shape index (κ2) is 5.69. The van der Waals surface area contributed by atoms with Gasteiger partial charge in [-0.1, -0.05) is 23.8 Å². The van der Waals surface area contributed by atoms with Crippen LogP contribution >= 0.6 is 0 Å². The number of halogens is 1. The van der Waals surface area contributed by atoms with Crippen LogP contribution in [-0.4, -0.2) is 4.92 Å². The van der Waals surface area contributed by atoms with Gasteiger partial charge in [-0.05, 0) is 31.0 Å². The van der Waals surface area contributed by atoms with Gasteiger partial charge in [0, 0.05) is 18.7 Å². The topological polar surface area (TPSA) is 55.2 Å². The van der Waals surface area contributed by atoms with Gasteiger partial charge < -0.3 is 5.32 Å². The Balaban J connectivity index is 2.24. The molecule has 0 atom stereocenters. The molecule has 2 rings (SSSR count). The van der Waals surface area contributed by atoms with Crippen molar-refractivity contribution in [1.29, 1.82) is 0 Å². The number of nitrogens with one attached hydrogen (secondary N) is 1. The third kappa shape index (κ3) is 3.12. The Hall–Kier alpha value is -2.43. The van der Waals surface area contributed by atoms with Gasteiger partial charge in [0.2, 0.25) is 0 Å². The van der Waals surface area contributed by atoms with E-state index < -0.39 is 10.7 Å². The van der Waals surface area contributed by atoms with Gasteiger partial charge in [-0.3, -0.25) is 10.1 Å². The van der Waals surface area contributed by atoms with E-state index in [9.17, 15) is 14.5 Å². The van der Waals surface area contributed by atoms with Gasteiger partial charge in [0.1, 0.15) is 11.5 Å². The van der Waals surface area contributed by atoms with E-state index in [1.54, 1.807) is 0 Å². The molecule has 0 aliphatic rings. The average molecular weight is 274 g/mol. The predicted molar refractivity (Wildman–Crippen MR) is 76.3 cm³/mol. The van der Waals surface area contributed by atoms with Crippen LogP contribution < -0.4 is 5.32 Å². The second-order valence-electron chi connectivity index (χ2n) is 4.70. The van der Waals surface area contributed by atoms with Gasteiger partial charge in [0.15, 0.2) is 0 Å². The van der Waals surface area contributed by atoms with E-state index in [-0.39, 0.29) is 11.4 Å². The maximum Gasteiger partial charge on any atom is 0.292 e. The number of nitro benzene ring substituents is 1. The minimum Gasteiger partial charge on any atom is -0.375 e. The molecule has 4 nitrogen and oxygen atoms in total. The molecular formula is C15H15FN2O2. The standard InChI is InChI=1S/C15H15FN2O2/c1-10-3-4-11(2)12(7-10)9-17-14-8-13(16)5-6-15(14)18(19)20/h3-8,17H,9H2,1-2H3. The lowest BCUT2D eigenvalue weighted by molar-refractivity contribution is -0.384. The van der Waals surface area contributed by atoms with Crippen LogP contribution in [0.25, 0.3) is 0 Å². The van der Waals surface area contributed by atoms with Crippen LogP contribution in [0.15, 0.2) is 36.4 Å². The summed E-state index contributed by atoms with van der Waals surface area (Å²) in [5, 5.41) is 13.8. The van der Waals surface area contributed by atoms with Crippen molar-refractivity contribution in [3.63, 3.8) is 0 Å². The number of hydrogen-bond donors (Lipinski definition) is 1. The summed E-state index contributed by atoms with van der Waals surface area (Å²) in [6, 6.07) is 9.40. The highest BCUT2D eigenvalue weighted by Gasteiger charge is 2.14. The van der Waals surface area contributed by atoms with Crippen molar-refractivity contribution in [1.82, 2.24) is 0 Å². The van der Waals surface area contributed by atoms with Crippen molar-refractivity contribution >= 4 is 11.4 Å². The molecule has 104 valence electrons. The summed E-state index contributed by atoms with van der Waals surface area (Å²) in [4.78, 5) is 10.4. The van der Waals surface area contributed by atoms with Crippen LogP contribution in [-0.2, 0) is 6.54 Å². The smallest absolute Gasteiger partial charge is 0.292 e. The molecule has 0 aliphatic carbocycles. The molecule has 0 radical (unpaired) electrons. The first-order valence-corrected chi connectivity index (χ1v) is 6.21. The summed E-state index contributed by atoms with van der Waals surface area (Å²) in [5.74, 6) is -0.501. The molecule has 2 aromatic rings. The Morgan fingerprint density at radius 3 is 2.65 bits per heavy atom. The maximum atomic E-state index is 13.2. The Bertz CT molecular complexity index is 656. The number of rotatable bonds is 4. The zero-order valence-electron chi connectivity index (χ0n) is 11.3. The Kier molecular flexibility index (Phi) is 3.98. The molecule has 2 aromatic carbocycles. The van der Waals surface area contributed by atoms with E-state index in [0.29, 0.717) is 6.54 Å². The zero-order chi connectivity index (χ0) is 14.7. The lowest BCUT2D eigenvalue weighted by Crippen LogP contribution is -2.04. The molecule has 20 heavy (non-hydrogen) atoms. The van der Waals surface area contributed by atoms with Gasteiger partial charge in [-0.2, -0.15) is 0 Å². The summed E-state index contributed by atoms with van der Waals surface area (Å²) in [6.07, 6.45) is 0. The minimum atomic E-state index is -0.523. The average Bonchev–Trinajstić information content (AvgIpc) is 2.39. The van der Waals surface area contributed by atoms with Crippen molar-refractivity contribution in [2.24, 2.45) is 0 Å². The van der Waals surface area contributed by atoms with Gasteiger partial charge in [0.05, 0.1) is 4.92 Å². The maximum absolute atomic E-state index is 13.2. The van der Waals surface area contributed by atoms with E-state index in [4.69, 9.17) is 0 Å². The van der Waals surface area contributed by atoms with Gasteiger partial charge in [-0.25, -0.2) is 4.39 Å². The second-order valence-corrected chi connectivity index (χ2v) is 4.70. The normalized spacial score (nSPS) is 10.3. The number of benzene rings is 2. The molecule has 0 amide bonds. The molecule has 0 bridgehead atoms. The Labute approximate surface area is 116 Å². The lowest BCUT2D eigenvalue weighted by Gasteiger charge is -2.10. The zero-order valence-corrected chi connectivity index (χ0v) is 11.3. The van der Waals surface area contributed by atoms with Crippen LogP contribution in [0.1, 0.15) is 16.7 Å². The van der Waals surface area contributed by atoms with Crippen LogP contribution in [0, 0.1) is 29.8 Å². The van der Waals surface area contributed by atoms with E-state index in [2.05, 4.69) is 5.32 Å². The summed E-state index contributed by atoms with van der Waals surface area (Å²) < 4.78 is 13.2. The molecular weight excluding hydrogens is 259 g/mol. The number of aryl methyl sites for hydroxylation is 2. The fourth-order valence-corrected chi connectivity index (χ4v) is 1.99. The van der Waals surface area contributed by atoms with Crippen LogP contribution in [0.3, 0.4) is 0 Å². The highest BCUT2D eigenvalue weighted by Crippen LogP contribution is 2.25. The van der Waals surface area contributed by atoms with Crippen LogP contribution in [0.4, 0.5) is 15.8 Å². The molecule has 1 N–H and O–H groups in total. The first-order valence-electron chi connectivity index (χ1n) is 6.21. The number of hydrogen-bond acceptors (Lipinski definition) is 3. The molecule has 0 aromatic heterocycles. The number of nitrogens with zero attached hydrogens (tertiary/aromatic N) is 1. The van der Waals surface area contributed by atoms with E-state index in [1.165, 1.54) is 6.07 Å². The summed E-state index contributed by atoms with van der Waals surface area (Å²) in [7, 11) is 0. The first kappa shape index (κ1) is 14.0. The molecule has 0 aliphatic heterocycles. The van der Waals surface area contributed by atoms with Crippen LogP contribution in [0.5, 0.6) is 0 Å². The summed E-state index contributed by atoms with van der Waals surface area (Å²) >= 11 is 0. The molecule has 0 spiro atoms. The van der Waals surface area contributed by atoms with E-state index in [1.807, 2.05) is 32.0 Å². The van der Waals surface area contributed by atoms with E-state index >= 15 is 0 Å². The van der Waals surface area contributed by atoms with Crippen molar-refractivity contribution in [3.8, 4) is 0 Å². The monoisotopic (exact) mass is 274 g/mol. The SMILES string of the molecule is Cc1ccc(C)c(CNc2cc(F)ccc2[N+](=O)[O-])c1. The van der Waals surface area contributed by atoms with Gasteiger partial charge in [0.25, 0.3) is 5.69 Å². The highest BCUT2D eigenvalue weighted by molar-refractivity contribution is 5.61. The number of nitro groups is 1. The van der Waals surface area contributed by atoms with Crippen molar-refractivity contribution < 1.29 is 9.31 Å². The van der Waals surface area contributed by atoms with Crippen molar-refractivity contribution in [2.45, 2.75) is 20.4 Å². The fourth-order valence-electron chi connectivity index (χ4n) is 1.99. The Morgan fingerprint density at radius 1 is 1.20 bits per heavy atom. The minimum absolute atomic E-state index is 0.128. The Morgan fingerprint density at radius 2 is 1.95 bits per heavy atom. The largest absolute Gasteiger partial charge is 0.375 e. The summed E-state index contributed by atoms with van der Waals surface area (Å²) in [5.41, 5.74) is 3.29. The molecule has 0 unspecified atom stereocenters. The third-order valence-corrected chi connectivity index (χ3v) is 3.13. The predicted octanol–water partition coefficient (Wildman–Crippen LogP) is 3.96. The summed E-state index contributed by atoms with van der Waals surface area (Å²) in [6.45, 7) is 4.36. The molecule has 5 heteroatoms. The van der Waals surface area contributed by atoms with E-state index in [0.717, 1.165) is 28.8 Å². The fraction of sp³-hybridized carbons (Fsp3) is 0.200. The molecule has 0 fully saturated rings. The molecule has 0 saturated carbocycles. The van der Waals surface area contributed by atoms with Crippen LogP contribution in [0.2, 0.25) is 0 Å². The van der Waals surface area contributed by atoms with Gasteiger partial charge >= 0.3 is 0 Å². The lowest BCUT2D eigenvalue weighted by atomic mass is 10.1. The van der Waals surface area contributed by atoms with Crippen molar-refractivity contribution in [2.75, 3.05) is 5.32 Å². The quantitative estimate of drug-likeness (QED) is 0.678. The highest BCUT2D eigenvalue weighted by atomic mass is 19.1. The van der Waals surface area contributed by atoms with Crippen molar-refractivity contribution in [3.05, 3.63) is 69.0 Å². The van der Waals surface area contributed by atoms with Gasteiger partial charge in [-0.15, -0.1) is 0 Å². The molecule has 0 saturated heterocycles.